The highest BCUT2D eigenvalue weighted by atomic mass is 16.8. The van der Waals surface area contributed by atoms with E-state index in [1.165, 1.54) is 0 Å². The van der Waals surface area contributed by atoms with Crippen LogP contribution in [0.2, 0.25) is 0 Å². The smallest absolute Gasteiger partial charge is 0.217 e. The van der Waals surface area contributed by atoms with E-state index in [1.807, 2.05) is 0 Å². The first kappa shape index (κ1) is 96.2. The van der Waals surface area contributed by atoms with Gasteiger partial charge in [0.2, 0.25) is 29.5 Å². The van der Waals surface area contributed by atoms with Crippen molar-refractivity contribution in [3.63, 3.8) is 0 Å². The van der Waals surface area contributed by atoms with Crippen LogP contribution < -0.4 is 26.6 Å². The summed E-state index contributed by atoms with van der Waals surface area (Å²) in [6.45, 7) is -6.98. The molecule has 8 heterocycles. The van der Waals surface area contributed by atoms with Crippen LogP contribution in [0.5, 0.6) is 0 Å². The minimum Gasteiger partial charge on any atom is -0.394 e. The summed E-state index contributed by atoms with van der Waals surface area (Å²) in [5, 5.41) is 290. The molecule has 5 amide bonds. The zero-order chi connectivity index (χ0) is 85.2. The van der Waals surface area contributed by atoms with Crippen LogP contribution in [0.25, 0.3) is 0 Å². The molecular formula is C64H109N5O46. The van der Waals surface area contributed by atoms with Crippen molar-refractivity contribution in [1.29, 1.82) is 0 Å². The SMILES string of the molecule is CC(=O)N[C@H]1[C@H](O[C@@H]([C@H](O)[C@H](CO)NC(C)=O)[C@H](O)CO)O[C@H](CO)[C@@H](O[C@H]2O[C@H](CO[C@H]3O[C@H](CO)[C@@H](O)[C@H](O)[C@@H]3O[C@@H]3O[C@H](CO)[C@@H](O[C@@H]4O[C@H](CO)[C@H](O)[C@H](O)[C@H]4O)[C@H](O)[C@H]3NC(C)=O)[C@@H](O[C@@H]3O[C@H](CO)[C@@H](O)[C@H](O)[C@H]3NC(C)=O)[C@H](O[C@H]3O[C@H](CO)[C@@H](O)[C@H](O)[C@@H]3O[C@@H]3O[C@H](CO)[C@@H](O)[C@H](O)[C@H]3NC(C)=O)[C@@H]2O)[C@@H]1O. The zero-order valence-corrected chi connectivity index (χ0v) is 62.2. The molecule has 8 aliphatic heterocycles. The third kappa shape index (κ3) is 22.3. The average molecular weight is 1680 g/mol. The van der Waals surface area contributed by atoms with Crippen molar-refractivity contribution >= 4 is 29.5 Å². The van der Waals surface area contributed by atoms with Gasteiger partial charge in [0.15, 0.2) is 50.3 Å². The highest BCUT2D eigenvalue weighted by Crippen LogP contribution is 2.40. The topological polar surface area (TPSA) is 799 Å². The first-order chi connectivity index (χ1) is 54.4. The molecule has 51 nitrogen and oxygen atoms in total. The normalized spacial score (nSPS) is 45.0. The van der Waals surface area contributed by atoms with Crippen LogP contribution in [0.4, 0.5) is 0 Å². The number of rotatable bonds is 34. The van der Waals surface area contributed by atoms with Crippen molar-refractivity contribution in [2.24, 2.45) is 0 Å². The van der Waals surface area contributed by atoms with Gasteiger partial charge in [-0.2, -0.15) is 0 Å². The van der Waals surface area contributed by atoms with Crippen molar-refractivity contribution in [2.45, 2.75) is 304 Å². The van der Waals surface area contributed by atoms with Crippen molar-refractivity contribution in [3.05, 3.63) is 0 Å². The van der Waals surface area contributed by atoms with Crippen LogP contribution in [0.3, 0.4) is 0 Å². The molecule has 44 atom stereocenters. The van der Waals surface area contributed by atoms with Crippen LogP contribution in [-0.4, -0.2) is 493 Å². The lowest BCUT2D eigenvalue weighted by Gasteiger charge is -2.52. The number of amides is 5. The molecule has 8 saturated heterocycles. The van der Waals surface area contributed by atoms with Gasteiger partial charge in [0, 0.05) is 34.6 Å². The fourth-order valence-corrected chi connectivity index (χ4v) is 14.4. The van der Waals surface area contributed by atoms with Crippen LogP contribution >= 0.6 is 0 Å². The zero-order valence-electron chi connectivity index (χ0n) is 62.2. The molecule has 8 fully saturated rings. The van der Waals surface area contributed by atoms with Crippen LogP contribution in [0.1, 0.15) is 34.6 Å². The molecule has 0 aromatic carbocycles. The van der Waals surface area contributed by atoms with Gasteiger partial charge < -0.3 is 230 Å². The second-order valence-corrected chi connectivity index (χ2v) is 28.7. The first-order valence-electron chi connectivity index (χ1n) is 36.5. The maximum atomic E-state index is 13.2. The highest BCUT2D eigenvalue weighted by Gasteiger charge is 2.61. The predicted molar refractivity (Wildman–Crippen MR) is 357 cm³/mol. The number of hydrogen-bond donors (Lipinski definition) is 30. The molecule has 115 heavy (non-hydrogen) atoms. The Bertz CT molecular complexity index is 3050. The third-order valence-corrected chi connectivity index (χ3v) is 20.4. The van der Waals surface area contributed by atoms with Crippen LogP contribution in [0, 0.1) is 0 Å². The molecule has 0 aliphatic carbocycles. The molecule has 0 saturated carbocycles. The van der Waals surface area contributed by atoms with Gasteiger partial charge in [0.1, 0.15) is 213 Å². The molecule has 0 spiro atoms. The van der Waals surface area contributed by atoms with Crippen LogP contribution in [-0.2, 0) is 99.8 Å². The lowest BCUT2D eigenvalue weighted by molar-refractivity contribution is -0.407. The van der Waals surface area contributed by atoms with Gasteiger partial charge in [-0.25, -0.2) is 0 Å². The molecule has 0 radical (unpaired) electrons. The number of hydrogen-bond acceptors (Lipinski definition) is 46. The van der Waals surface area contributed by atoms with E-state index in [0.29, 0.717) is 0 Å². The second-order valence-electron chi connectivity index (χ2n) is 28.7. The minimum atomic E-state index is -2.72. The molecule has 666 valence electrons. The monoisotopic (exact) mass is 1680 g/mol. The maximum Gasteiger partial charge on any atom is 0.217 e. The summed E-state index contributed by atoms with van der Waals surface area (Å²) in [4.78, 5) is 64.0. The van der Waals surface area contributed by atoms with E-state index in [9.17, 15) is 152 Å². The Morgan fingerprint density at radius 3 is 1.01 bits per heavy atom. The molecule has 0 aromatic heterocycles. The molecule has 30 N–H and O–H groups in total. The maximum absolute atomic E-state index is 13.2. The number of aliphatic hydroxyl groups is 25. The fraction of sp³-hybridized carbons (Fsp3) is 0.922. The number of carbonyl (C=O) groups is 5. The van der Waals surface area contributed by atoms with Crippen molar-refractivity contribution < 1.29 is 227 Å². The third-order valence-electron chi connectivity index (χ3n) is 20.4. The number of aliphatic hydroxyl groups excluding tert-OH is 25. The van der Waals surface area contributed by atoms with Crippen molar-refractivity contribution in [3.8, 4) is 0 Å². The molecule has 8 aliphatic rings. The Hall–Kier alpha value is -4.29. The Kier molecular flexibility index (Phi) is 35.9. The summed E-state index contributed by atoms with van der Waals surface area (Å²) >= 11 is 0. The molecule has 0 aromatic rings. The van der Waals surface area contributed by atoms with E-state index in [0.717, 1.165) is 34.6 Å². The summed E-state index contributed by atoms with van der Waals surface area (Å²) in [6.07, 6.45) is -85.1. The summed E-state index contributed by atoms with van der Waals surface area (Å²) < 4.78 is 97.5. The molecule has 51 heteroatoms. The van der Waals surface area contributed by atoms with Crippen molar-refractivity contribution in [2.75, 3.05) is 66.1 Å². The highest BCUT2D eigenvalue weighted by molar-refractivity contribution is 5.75. The van der Waals surface area contributed by atoms with Gasteiger partial charge in [-0.15, -0.1) is 0 Å². The standard InChI is InChI=1S/C64H109N5O46/c1-16(79)65-21(6-70)35(85)50(22(84)7-71)109-59-33(68-19(4)82)43(93)52(29(14-78)106-59)111-62-49(99)54(113-64-56(47(97)40(90)27(12-76)105-64)115-58-32(67-18(3)81)42(92)37(87)24(9-73)102-58)53(112-57-31(66-17(2)80)41(91)36(86)23(8-72)101-57)30(108-62)15-100-63-55(46(96)39(89)26(11-75)104-63)114-60-34(69-20(5)83)44(94)51(28(13-77)107-60)110-61-48(98)45(95)38(88)25(10-74)103-61/h21-64,70-78,84-99H,6-15H2,1-5H3,(H,65,79)(H,66,80)(H,67,81)(H,68,82)(H,69,83)/t21-,22+,23+,24+,25+,26+,27+,28+,29+,30+,31+,32+,33+,34+,35+,36+,37+,38-,39+,40+,41+,42+,43+,44+,45-,46-,47-,48+,49-,50+,51+,52+,53+,54+,55-,56-,57-,58-,59-,60-,61-,62+,63-,64+/m0/s1. The quantitative estimate of drug-likeness (QED) is 0.0284. The number of carbonyl (C=O) groups excluding carboxylic acids is 5. The van der Waals surface area contributed by atoms with Crippen molar-refractivity contribution in [1.82, 2.24) is 26.6 Å². The van der Waals surface area contributed by atoms with Gasteiger partial charge >= 0.3 is 0 Å². The lowest BCUT2D eigenvalue weighted by atomic mass is 9.93. The first-order valence-corrected chi connectivity index (χ1v) is 36.5. The Morgan fingerprint density at radius 1 is 0.296 bits per heavy atom. The van der Waals surface area contributed by atoms with E-state index in [1.54, 1.807) is 0 Å². The molecular weight excluding hydrogens is 1570 g/mol. The second kappa shape index (κ2) is 43.0. The van der Waals surface area contributed by atoms with Gasteiger partial charge in [-0.05, 0) is 0 Å². The summed E-state index contributed by atoms with van der Waals surface area (Å²) in [5.41, 5.74) is 0. The minimum absolute atomic E-state index is 0.831. The van der Waals surface area contributed by atoms with E-state index in [4.69, 9.17) is 75.8 Å². The van der Waals surface area contributed by atoms with E-state index < -0.39 is 365 Å². The van der Waals surface area contributed by atoms with Gasteiger partial charge in [-0.1, -0.05) is 0 Å². The fourth-order valence-electron chi connectivity index (χ4n) is 14.4. The molecule has 8 rings (SSSR count). The average Bonchev–Trinajstić information content (AvgIpc) is 0.759. The van der Waals surface area contributed by atoms with Gasteiger partial charge in [0.05, 0.1) is 72.1 Å². The summed E-state index contributed by atoms with van der Waals surface area (Å²) in [6, 6.07) is -9.56. The summed E-state index contributed by atoms with van der Waals surface area (Å²) in [5.74, 6) is -4.72. The number of nitrogens with one attached hydrogen (secondary N) is 5. The van der Waals surface area contributed by atoms with Gasteiger partial charge in [0.25, 0.3) is 0 Å². The molecule has 0 bridgehead atoms. The van der Waals surface area contributed by atoms with E-state index in [2.05, 4.69) is 26.6 Å². The predicted octanol–water partition coefficient (Wildman–Crippen LogP) is -20.3. The van der Waals surface area contributed by atoms with E-state index >= 15 is 0 Å². The Morgan fingerprint density at radius 2 is 0.609 bits per heavy atom. The van der Waals surface area contributed by atoms with Crippen LogP contribution in [0.15, 0.2) is 0 Å². The Labute approximate surface area is 652 Å². The molecule has 0 unspecified atom stereocenters. The summed E-state index contributed by atoms with van der Waals surface area (Å²) in [7, 11) is 0. The lowest BCUT2D eigenvalue weighted by Crippen LogP contribution is -2.71. The van der Waals surface area contributed by atoms with Gasteiger partial charge in [-0.3, -0.25) is 24.0 Å². The van der Waals surface area contributed by atoms with E-state index in [-0.39, 0.29) is 0 Å². The largest absolute Gasteiger partial charge is 0.394 e. The Balaban J connectivity index is 1.27. The number of ether oxygens (including phenoxy) is 16.